The standard InChI is InChI=1S/C22H24N6O3S/c1-2-15(11-29)26-22(31)19-18(14-6-9-32-12-14)27-20-17(4-3-8-28(19)20)21(30)24-7-5-16-10-23-13-25-16/h3-4,6,8-10,12-13,15,29H,2,5,7,11H2,1H3,(H,23,25)(H,24,30)(H,26,31)/t15-/m0/s1. The van der Waals surface area contributed by atoms with Crippen LogP contribution >= 0.6 is 11.3 Å². The van der Waals surface area contributed by atoms with Gasteiger partial charge in [0, 0.05) is 36.3 Å². The Labute approximate surface area is 188 Å². The third-order valence-corrected chi connectivity index (χ3v) is 5.86. The van der Waals surface area contributed by atoms with Crippen molar-refractivity contribution in [2.24, 2.45) is 0 Å². The van der Waals surface area contributed by atoms with Crippen LogP contribution < -0.4 is 10.6 Å². The lowest BCUT2D eigenvalue weighted by Crippen LogP contribution is -2.37. The normalized spacial score (nSPS) is 12.1. The molecule has 0 aromatic carbocycles. The molecule has 9 nitrogen and oxygen atoms in total. The molecule has 1 atom stereocenters. The van der Waals surface area contributed by atoms with Gasteiger partial charge in [-0.2, -0.15) is 11.3 Å². The molecule has 0 aliphatic carbocycles. The lowest BCUT2D eigenvalue weighted by molar-refractivity contribution is 0.0907. The van der Waals surface area contributed by atoms with Crippen molar-refractivity contribution < 1.29 is 14.7 Å². The molecule has 0 bridgehead atoms. The summed E-state index contributed by atoms with van der Waals surface area (Å²) in [6.45, 7) is 2.15. The molecule has 0 spiro atoms. The van der Waals surface area contributed by atoms with E-state index in [0.29, 0.717) is 42.0 Å². The molecule has 0 saturated heterocycles. The zero-order valence-corrected chi connectivity index (χ0v) is 18.4. The van der Waals surface area contributed by atoms with Gasteiger partial charge in [-0.15, -0.1) is 0 Å². The van der Waals surface area contributed by atoms with Crippen LogP contribution in [0, 0.1) is 0 Å². The van der Waals surface area contributed by atoms with Crippen molar-refractivity contribution in [3.8, 4) is 11.3 Å². The predicted molar refractivity (Wildman–Crippen MR) is 122 cm³/mol. The molecule has 4 aromatic heterocycles. The van der Waals surface area contributed by atoms with E-state index in [0.717, 1.165) is 11.3 Å². The fourth-order valence-corrected chi connectivity index (χ4v) is 4.06. The first-order chi connectivity index (χ1) is 15.6. The summed E-state index contributed by atoms with van der Waals surface area (Å²) in [5.74, 6) is -0.627. The summed E-state index contributed by atoms with van der Waals surface area (Å²) in [7, 11) is 0. The third-order valence-electron chi connectivity index (χ3n) is 5.17. The smallest absolute Gasteiger partial charge is 0.270 e. The minimum Gasteiger partial charge on any atom is -0.394 e. The number of nitrogens with one attached hydrogen (secondary N) is 3. The van der Waals surface area contributed by atoms with E-state index in [2.05, 4.69) is 25.6 Å². The van der Waals surface area contributed by atoms with Crippen LogP contribution in [0.3, 0.4) is 0 Å². The van der Waals surface area contributed by atoms with Crippen LogP contribution in [-0.2, 0) is 6.42 Å². The van der Waals surface area contributed by atoms with E-state index in [9.17, 15) is 14.7 Å². The Morgan fingerprint density at radius 2 is 2.19 bits per heavy atom. The second-order valence-electron chi connectivity index (χ2n) is 7.26. The Morgan fingerprint density at radius 1 is 1.31 bits per heavy atom. The van der Waals surface area contributed by atoms with E-state index in [-0.39, 0.29) is 24.5 Å². The molecule has 32 heavy (non-hydrogen) atoms. The number of aromatic amines is 1. The predicted octanol–water partition coefficient (Wildman–Crippen LogP) is 2.26. The number of thiophene rings is 1. The monoisotopic (exact) mass is 452 g/mol. The van der Waals surface area contributed by atoms with Crippen molar-refractivity contribution in [3.05, 3.63) is 64.6 Å². The maximum Gasteiger partial charge on any atom is 0.270 e. The number of hydrogen-bond acceptors (Lipinski definition) is 6. The van der Waals surface area contributed by atoms with Gasteiger partial charge in [0.1, 0.15) is 11.4 Å². The first-order valence-electron chi connectivity index (χ1n) is 10.3. The second kappa shape index (κ2) is 9.75. The van der Waals surface area contributed by atoms with Gasteiger partial charge >= 0.3 is 0 Å². The molecular weight excluding hydrogens is 428 g/mol. The molecule has 0 fully saturated rings. The number of aliphatic hydroxyl groups excluding tert-OH is 1. The summed E-state index contributed by atoms with van der Waals surface area (Å²) in [5, 5.41) is 19.1. The van der Waals surface area contributed by atoms with Crippen LogP contribution in [0.25, 0.3) is 16.9 Å². The minimum atomic E-state index is -0.364. The Morgan fingerprint density at radius 3 is 2.88 bits per heavy atom. The summed E-state index contributed by atoms with van der Waals surface area (Å²) in [5.41, 5.74) is 3.25. The van der Waals surface area contributed by atoms with Crippen LogP contribution in [0.15, 0.2) is 47.7 Å². The van der Waals surface area contributed by atoms with Crippen molar-refractivity contribution in [1.82, 2.24) is 30.0 Å². The molecule has 4 heterocycles. The van der Waals surface area contributed by atoms with E-state index in [1.165, 1.54) is 11.3 Å². The fraction of sp³-hybridized carbons (Fsp3) is 0.273. The number of imidazole rings is 2. The number of amides is 2. The van der Waals surface area contributed by atoms with Gasteiger partial charge in [-0.25, -0.2) is 9.97 Å². The number of pyridine rings is 1. The van der Waals surface area contributed by atoms with Crippen molar-refractivity contribution in [3.63, 3.8) is 0 Å². The molecule has 4 N–H and O–H groups in total. The number of aliphatic hydroxyl groups is 1. The number of nitrogens with zero attached hydrogens (tertiary/aromatic N) is 3. The van der Waals surface area contributed by atoms with Gasteiger partial charge in [-0.1, -0.05) is 6.92 Å². The molecule has 0 aliphatic rings. The molecule has 2 amide bonds. The average molecular weight is 453 g/mol. The zero-order chi connectivity index (χ0) is 22.5. The van der Waals surface area contributed by atoms with Gasteiger partial charge in [0.05, 0.1) is 30.2 Å². The molecule has 0 unspecified atom stereocenters. The largest absolute Gasteiger partial charge is 0.394 e. The summed E-state index contributed by atoms with van der Waals surface area (Å²) in [6, 6.07) is 4.93. The van der Waals surface area contributed by atoms with E-state index >= 15 is 0 Å². The number of carbonyl (C=O) groups excluding carboxylic acids is 2. The van der Waals surface area contributed by atoms with Crippen molar-refractivity contribution >= 4 is 28.8 Å². The summed E-state index contributed by atoms with van der Waals surface area (Å²) in [4.78, 5) is 37.8. The number of carbonyl (C=O) groups is 2. The molecule has 166 valence electrons. The molecule has 0 saturated carbocycles. The zero-order valence-electron chi connectivity index (χ0n) is 17.5. The highest BCUT2D eigenvalue weighted by Crippen LogP contribution is 2.28. The summed E-state index contributed by atoms with van der Waals surface area (Å²) >= 11 is 1.50. The van der Waals surface area contributed by atoms with Crippen LogP contribution in [-0.4, -0.2) is 55.5 Å². The summed E-state index contributed by atoms with van der Waals surface area (Å²) < 4.78 is 1.63. The van der Waals surface area contributed by atoms with Gasteiger partial charge in [0.15, 0.2) is 5.65 Å². The maximum atomic E-state index is 13.2. The molecule has 0 aliphatic heterocycles. The second-order valence-corrected chi connectivity index (χ2v) is 8.04. The Hall–Kier alpha value is -3.50. The Balaban J connectivity index is 1.68. The molecular formula is C22H24N6O3S. The molecule has 4 aromatic rings. The van der Waals surface area contributed by atoms with Gasteiger partial charge < -0.3 is 20.7 Å². The Kier molecular flexibility index (Phi) is 6.62. The summed E-state index contributed by atoms with van der Waals surface area (Å²) in [6.07, 6.45) is 6.29. The topological polar surface area (TPSA) is 124 Å². The van der Waals surface area contributed by atoms with Crippen LogP contribution in [0.2, 0.25) is 0 Å². The van der Waals surface area contributed by atoms with Gasteiger partial charge in [-0.05, 0) is 30.0 Å². The van der Waals surface area contributed by atoms with Gasteiger partial charge in [-0.3, -0.25) is 14.0 Å². The highest BCUT2D eigenvalue weighted by atomic mass is 32.1. The number of H-pyrrole nitrogens is 1. The van der Waals surface area contributed by atoms with E-state index in [1.54, 1.807) is 35.3 Å². The van der Waals surface area contributed by atoms with Crippen molar-refractivity contribution in [1.29, 1.82) is 0 Å². The van der Waals surface area contributed by atoms with E-state index in [4.69, 9.17) is 0 Å². The number of rotatable bonds is 9. The number of fused-ring (bicyclic) bond motifs is 1. The van der Waals surface area contributed by atoms with Gasteiger partial charge in [0.2, 0.25) is 0 Å². The number of hydrogen-bond donors (Lipinski definition) is 4. The first kappa shape index (κ1) is 21.7. The first-order valence-corrected chi connectivity index (χ1v) is 11.3. The quantitative estimate of drug-likeness (QED) is 0.310. The SMILES string of the molecule is CC[C@@H](CO)NC(=O)c1c(-c2ccsc2)nc2c(C(=O)NCCc3c[nH]cn3)cccn12. The fourth-order valence-electron chi connectivity index (χ4n) is 3.42. The van der Waals surface area contributed by atoms with Gasteiger partial charge in [0.25, 0.3) is 11.8 Å². The highest BCUT2D eigenvalue weighted by molar-refractivity contribution is 7.08. The van der Waals surface area contributed by atoms with Crippen LogP contribution in [0.1, 0.15) is 39.9 Å². The van der Waals surface area contributed by atoms with Crippen LogP contribution in [0.4, 0.5) is 0 Å². The average Bonchev–Trinajstić information content (AvgIpc) is 3.57. The van der Waals surface area contributed by atoms with Crippen LogP contribution in [0.5, 0.6) is 0 Å². The molecule has 4 rings (SSSR count). The molecule has 10 heteroatoms. The van der Waals surface area contributed by atoms with Crippen molar-refractivity contribution in [2.45, 2.75) is 25.8 Å². The minimum absolute atomic E-state index is 0.156. The highest BCUT2D eigenvalue weighted by Gasteiger charge is 2.25. The Bertz CT molecular complexity index is 1200. The molecule has 0 radical (unpaired) electrons. The maximum absolute atomic E-state index is 13.2. The third kappa shape index (κ3) is 4.41. The lowest BCUT2D eigenvalue weighted by atomic mass is 10.1. The lowest BCUT2D eigenvalue weighted by Gasteiger charge is -2.14. The van der Waals surface area contributed by atoms with E-state index in [1.807, 2.05) is 23.8 Å². The number of aromatic nitrogens is 4. The van der Waals surface area contributed by atoms with Crippen molar-refractivity contribution in [2.75, 3.05) is 13.2 Å². The van der Waals surface area contributed by atoms with E-state index < -0.39 is 0 Å².